The zero-order valence-corrected chi connectivity index (χ0v) is 8.97. The molecule has 0 spiro atoms. The van der Waals surface area contributed by atoms with E-state index in [0.29, 0.717) is 11.1 Å². The van der Waals surface area contributed by atoms with Crippen LogP contribution in [0.5, 0.6) is 0 Å². The van der Waals surface area contributed by atoms with Crippen LogP contribution in [-0.2, 0) is 5.54 Å². The lowest BCUT2D eigenvalue weighted by molar-refractivity contribution is 0.349. The molecule has 1 rings (SSSR count). The number of rotatable bonds is 2. The molecule has 0 fully saturated rings. The van der Waals surface area contributed by atoms with Gasteiger partial charge in [-0.1, -0.05) is 31.5 Å². The fraction of sp³-hybridized carbons (Fsp3) is 0.500. The van der Waals surface area contributed by atoms with E-state index in [1.807, 2.05) is 13.0 Å². The van der Waals surface area contributed by atoms with Crippen molar-refractivity contribution in [2.75, 3.05) is 0 Å². The summed E-state index contributed by atoms with van der Waals surface area (Å²) in [6.07, 6.45) is 1.74. The highest BCUT2D eigenvalue weighted by Gasteiger charge is 2.25. The van der Waals surface area contributed by atoms with Gasteiger partial charge in [0.25, 0.3) is 0 Å². The number of aromatic nitrogens is 1. The van der Waals surface area contributed by atoms with Crippen LogP contribution in [-0.4, -0.2) is 4.98 Å². The largest absolute Gasteiger partial charge is 0.321 e. The summed E-state index contributed by atoms with van der Waals surface area (Å²) in [4.78, 5) is 4.01. The molecule has 72 valence electrons. The molecule has 2 nitrogen and oxygen atoms in total. The van der Waals surface area contributed by atoms with Crippen molar-refractivity contribution in [2.45, 2.75) is 26.3 Å². The minimum atomic E-state index is -0.336. The summed E-state index contributed by atoms with van der Waals surface area (Å²) in [6, 6.07) is 3.69. The van der Waals surface area contributed by atoms with Crippen LogP contribution in [0.25, 0.3) is 0 Å². The van der Waals surface area contributed by atoms with Gasteiger partial charge in [-0.3, -0.25) is 0 Å². The third kappa shape index (κ3) is 2.20. The van der Waals surface area contributed by atoms with Gasteiger partial charge < -0.3 is 5.73 Å². The van der Waals surface area contributed by atoms with Crippen LogP contribution in [0.15, 0.2) is 18.3 Å². The highest BCUT2D eigenvalue weighted by Crippen LogP contribution is 2.25. The fourth-order valence-electron chi connectivity index (χ4n) is 1.03. The number of pyridine rings is 1. The first-order valence-electron chi connectivity index (χ1n) is 4.35. The van der Waals surface area contributed by atoms with Gasteiger partial charge >= 0.3 is 0 Å². The van der Waals surface area contributed by atoms with E-state index in [2.05, 4.69) is 18.8 Å². The molecule has 13 heavy (non-hydrogen) atoms. The van der Waals surface area contributed by atoms with E-state index in [-0.39, 0.29) is 5.54 Å². The van der Waals surface area contributed by atoms with Crippen LogP contribution < -0.4 is 5.73 Å². The van der Waals surface area contributed by atoms with Crippen LogP contribution in [0.4, 0.5) is 0 Å². The number of nitrogens with two attached hydrogens (primary N) is 1. The number of halogens is 1. The molecule has 0 aliphatic heterocycles. The normalized spacial score (nSPS) is 15.8. The van der Waals surface area contributed by atoms with E-state index in [4.69, 9.17) is 17.3 Å². The minimum absolute atomic E-state index is 0.336. The van der Waals surface area contributed by atoms with E-state index >= 15 is 0 Å². The van der Waals surface area contributed by atoms with Gasteiger partial charge in [-0.15, -0.1) is 0 Å². The quantitative estimate of drug-likeness (QED) is 0.742. The Morgan fingerprint density at radius 2 is 2.08 bits per heavy atom. The summed E-state index contributed by atoms with van der Waals surface area (Å²) >= 11 is 5.69. The van der Waals surface area contributed by atoms with Crippen LogP contribution >= 0.6 is 11.6 Å². The predicted octanol–water partition coefficient (Wildman–Crippen LogP) is 2.56. The molecule has 0 aliphatic rings. The van der Waals surface area contributed by atoms with Crippen molar-refractivity contribution in [3.8, 4) is 0 Å². The van der Waals surface area contributed by atoms with Crippen molar-refractivity contribution >= 4 is 11.6 Å². The predicted molar refractivity (Wildman–Crippen MR) is 55.6 cm³/mol. The molecule has 0 radical (unpaired) electrons. The van der Waals surface area contributed by atoms with Gasteiger partial charge in [-0.25, -0.2) is 4.98 Å². The number of hydrogen-bond acceptors (Lipinski definition) is 2. The van der Waals surface area contributed by atoms with E-state index in [9.17, 15) is 0 Å². The maximum absolute atomic E-state index is 6.15. The highest BCUT2D eigenvalue weighted by atomic mass is 35.5. The first kappa shape index (κ1) is 10.5. The maximum atomic E-state index is 6.15. The lowest BCUT2D eigenvalue weighted by Gasteiger charge is -2.29. The average Bonchev–Trinajstić information content (AvgIpc) is 2.04. The molecule has 0 saturated carbocycles. The minimum Gasteiger partial charge on any atom is -0.321 e. The smallest absolute Gasteiger partial charge is 0.129 e. The second-order valence-corrected chi connectivity index (χ2v) is 4.19. The van der Waals surface area contributed by atoms with Crippen molar-refractivity contribution in [3.05, 3.63) is 29.0 Å². The van der Waals surface area contributed by atoms with E-state index < -0.39 is 0 Å². The molecular weight excluding hydrogens is 184 g/mol. The molecule has 0 aliphatic carbocycles. The number of hydrogen-bond donors (Lipinski definition) is 1. The Bertz CT molecular complexity index is 277. The van der Waals surface area contributed by atoms with Gasteiger partial charge in [0.1, 0.15) is 5.15 Å². The van der Waals surface area contributed by atoms with Crippen molar-refractivity contribution in [1.29, 1.82) is 0 Å². The monoisotopic (exact) mass is 198 g/mol. The summed E-state index contributed by atoms with van der Waals surface area (Å²) in [7, 11) is 0. The van der Waals surface area contributed by atoms with Gasteiger partial charge in [0, 0.05) is 11.7 Å². The van der Waals surface area contributed by atoms with Gasteiger partial charge in [-0.2, -0.15) is 0 Å². The highest BCUT2D eigenvalue weighted by molar-refractivity contribution is 6.29. The second kappa shape index (κ2) is 3.64. The molecule has 1 heterocycles. The Kier molecular flexibility index (Phi) is 2.94. The number of nitrogens with zero attached hydrogens (tertiary/aromatic N) is 1. The lowest BCUT2D eigenvalue weighted by atomic mass is 9.84. The van der Waals surface area contributed by atoms with Gasteiger partial charge in [0.05, 0.1) is 0 Å². The molecule has 0 amide bonds. The van der Waals surface area contributed by atoms with Gasteiger partial charge in [0.2, 0.25) is 0 Å². The SMILES string of the molecule is CC(C)[C@@](C)(N)c1ccc(Cl)nc1. The molecule has 1 atom stereocenters. The Morgan fingerprint density at radius 1 is 1.46 bits per heavy atom. The second-order valence-electron chi connectivity index (χ2n) is 3.81. The van der Waals surface area contributed by atoms with Crippen molar-refractivity contribution < 1.29 is 0 Å². The topological polar surface area (TPSA) is 38.9 Å². The molecule has 3 heteroatoms. The Balaban J connectivity index is 3.01. The third-order valence-corrected chi connectivity index (χ3v) is 2.77. The molecule has 0 saturated heterocycles. The summed E-state index contributed by atoms with van der Waals surface area (Å²) in [5.74, 6) is 0.371. The Hall–Kier alpha value is -0.600. The molecule has 1 aromatic heterocycles. The molecule has 0 aromatic carbocycles. The lowest BCUT2D eigenvalue weighted by Crippen LogP contribution is -2.38. The molecule has 0 unspecified atom stereocenters. The van der Waals surface area contributed by atoms with Gasteiger partial charge in [-0.05, 0) is 24.5 Å². The average molecular weight is 199 g/mol. The maximum Gasteiger partial charge on any atom is 0.129 e. The summed E-state index contributed by atoms with van der Waals surface area (Å²) < 4.78 is 0. The zero-order chi connectivity index (χ0) is 10.1. The third-order valence-electron chi connectivity index (χ3n) is 2.55. The summed E-state index contributed by atoms with van der Waals surface area (Å²) in [5.41, 5.74) is 6.83. The summed E-state index contributed by atoms with van der Waals surface area (Å²) in [5, 5.41) is 0.503. The summed E-state index contributed by atoms with van der Waals surface area (Å²) in [6.45, 7) is 6.19. The first-order valence-corrected chi connectivity index (χ1v) is 4.73. The standard InChI is InChI=1S/C10H15ClN2/c1-7(2)10(3,12)8-4-5-9(11)13-6-8/h4-7H,12H2,1-3H3/t10-/m1/s1. The van der Waals surface area contributed by atoms with Crippen LogP contribution in [0.1, 0.15) is 26.3 Å². The molecule has 0 bridgehead atoms. The first-order chi connectivity index (χ1) is 5.94. The van der Waals surface area contributed by atoms with Gasteiger partial charge in [0.15, 0.2) is 0 Å². The zero-order valence-electron chi connectivity index (χ0n) is 8.21. The van der Waals surface area contributed by atoms with Crippen LogP contribution in [0, 0.1) is 5.92 Å². The fourth-order valence-corrected chi connectivity index (χ4v) is 1.14. The molecule has 2 N–H and O–H groups in total. The van der Waals surface area contributed by atoms with E-state index in [1.54, 1.807) is 12.3 Å². The molecular formula is C10H15ClN2. The van der Waals surface area contributed by atoms with E-state index in [0.717, 1.165) is 5.56 Å². The van der Waals surface area contributed by atoms with E-state index in [1.165, 1.54) is 0 Å². The van der Waals surface area contributed by atoms with Crippen molar-refractivity contribution in [2.24, 2.45) is 11.7 Å². The Labute approximate surface area is 84.1 Å². The van der Waals surface area contributed by atoms with Crippen LogP contribution in [0.2, 0.25) is 5.15 Å². The van der Waals surface area contributed by atoms with Crippen molar-refractivity contribution in [3.63, 3.8) is 0 Å². The van der Waals surface area contributed by atoms with Crippen LogP contribution in [0.3, 0.4) is 0 Å². The Morgan fingerprint density at radius 3 is 2.46 bits per heavy atom. The molecule has 1 aromatic rings. The van der Waals surface area contributed by atoms with Crippen molar-refractivity contribution in [1.82, 2.24) is 4.98 Å².